The third-order valence-electron chi connectivity index (χ3n) is 1.32. The molecule has 0 aliphatic carbocycles. The third-order valence-corrected chi connectivity index (χ3v) is 2.19. The van der Waals surface area contributed by atoms with Crippen LogP contribution in [0.3, 0.4) is 0 Å². The topological polar surface area (TPSA) is 54.4 Å². The Morgan fingerprint density at radius 2 is 1.40 bits per heavy atom. The SMILES string of the molecule is CC(C)C.Cc1ccc(S(=O)(=O)O)cc1. The summed E-state index contributed by atoms with van der Waals surface area (Å²) in [6.07, 6.45) is 0. The van der Waals surface area contributed by atoms with Crippen LogP contribution in [-0.2, 0) is 10.1 Å². The van der Waals surface area contributed by atoms with Crippen molar-refractivity contribution in [1.29, 1.82) is 0 Å². The van der Waals surface area contributed by atoms with Crippen molar-refractivity contribution in [1.82, 2.24) is 0 Å². The second kappa shape index (κ2) is 5.88. The molecule has 0 aromatic heterocycles. The van der Waals surface area contributed by atoms with Crippen molar-refractivity contribution in [2.24, 2.45) is 5.92 Å². The van der Waals surface area contributed by atoms with E-state index in [0.717, 1.165) is 11.5 Å². The second-order valence-electron chi connectivity index (χ2n) is 4.02. The van der Waals surface area contributed by atoms with Crippen molar-refractivity contribution in [3.8, 4) is 0 Å². The number of rotatable bonds is 1. The highest BCUT2D eigenvalue weighted by molar-refractivity contribution is 7.85. The van der Waals surface area contributed by atoms with Gasteiger partial charge in [0.15, 0.2) is 0 Å². The zero-order chi connectivity index (χ0) is 12.1. The first-order valence-electron chi connectivity index (χ1n) is 4.77. The number of benzene rings is 1. The highest BCUT2D eigenvalue weighted by Gasteiger charge is 2.06. The van der Waals surface area contributed by atoms with Crippen LogP contribution in [0.4, 0.5) is 0 Å². The second-order valence-corrected chi connectivity index (χ2v) is 5.44. The van der Waals surface area contributed by atoms with Crippen LogP contribution >= 0.6 is 0 Å². The first kappa shape index (κ1) is 14.1. The summed E-state index contributed by atoms with van der Waals surface area (Å²) >= 11 is 0. The van der Waals surface area contributed by atoms with E-state index in [1.54, 1.807) is 12.1 Å². The Labute approximate surface area is 91.9 Å². The van der Waals surface area contributed by atoms with Gasteiger partial charge in [-0.2, -0.15) is 8.42 Å². The molecule has 0 heterocycles. The molecule has 86 valence electrons. The van der Waals surface area contributed by atoms with Gasteiger partial charge in [0.05, 0.1) is 4.90 Å². The van der Waals surface area contributed by atoms with Gasteiger partial charge >= 0.3 is 0 Å². The molecule has 1 aromatic rings. The number of aryl methyl sites for hydroxylation is 1. The largest absolute Gasteiger partial charge is 0.294 e. The van der Waals surface area contributed by atoms with Crippen molar-refractivity contribution in [2.45, 2.75) is 32.6 Å². The highest BCUT2D eigenvalue weighted by atomic mass is 32.2. The van der Waals surface area contributed by atoms with Crippen LogP contribution in [0.1, 0.15) is 26.3 Å². The lowest BCUT2D eigenvalue weighted by Crippen LogP contribution is -1.96. The lowest BCUT2D eigenvalue weighted by Gasteiger charge is -1.95. The molecule has 0 bridgehead atoms. The van der Waals surface area contributed by atoms with Crippen molar-refractivity contribution in [2.75, 3.05) is 0 Å². The molecule has 1 N–H and O–H groups in total. The molecule has 0 fully saturated rings. The van der Waals surface area contributed by atoms with Gasteiger partial charge in [0.25, 0.3) is 10.1 Å². The molecule has 0 atom stereocenters. The number of hydrogen-bond acceptors (Lipinski definition) is 2. The van der Waals surface area contributed by atoms with Crippen LogP contribution < -0.4 is 0 Å². The van der Waals surface area contributed by atoms with E-state index in [1.807, 2.05) is 6.92 Å². The van der Waals surface area contributed by atoms with E-state index < -0.39 is 10.1 Å². The summed E-state index contributed by atoms with van der Waals surface area (Å²) in [6.45, 7) is 8.34. The molecule has 0 saturated carbocycles. The van der Waals surface area contributed by atoms with Gasteiger partial charge in [-0.3, -0.25) is 4.55 Å². The molecule has 0 saturated heterocycles. The van der Waals surface area contributed by atoms with Crippen LogP contribution in [0.2, 0.25) is 0 Å². The summed E-state index contributed by atoms with van der Waals surface area (Å²) in [6, 6.07) is 5.99. The Hall–Kier alpha value is -0.870. The number of hydrogen-bond donors (Lipinski definition) is 1. The molecule has 0 aliphatic heterocycles. The monoisotopic (exact) mass is 230 g/mol. The van der Waals surface area contributed by atoms with Crippen molar-refractivity contribution in [3.63, 3.8) is 0 Å². The van der Waals surface area contributed by atoms with Gasteiger partial charge in [-0.05, 0) is 25.0 Å². The maximum absolute atomic E-state index is 10.5. The van der Waals surface area contributed by atoms with Crippen molar-refractivity contribution < 1.29 is 13.0 Å². The molecular formula is C11H18O3S. The van der Waals surface area contributed by atoms with Crippen molar-refractivity contribution in [3.05, 3.63) is 29.8 Å². The van der Waals surface area contributed by atoms with E-state index in [9.17, 15) is 8.42 Å². The maximum Gasteiger partial charge on any atom is 0.294 e. The Morgan fingerprint density at radius 1 is 1.07 bits per heavy atom. The summed E-state index contributed by atoms with van der Waals surface area (Å²) in [5.74, 6) is 0.833. The van der Waals surface area contributed by atoms with Gasteiger partial charge < -0.3 is 0 Å². The molecular weight excluding hydrogens is 212 g/mol. The van der Waals surface area contributed by atoms with Gasteiger partial charge in [-0.1, -0.05) is 38.5 Å². The Bertz CT molecular complexity index is 374. The van der Waals surface area contributed by atoms with E-state index in [1.165, 1.54) is 12.1 Å². The molecule has 1 aromatic carbocycles. The minimum Gasteiger partial charge on any atom is -0.282 e. The van der Waals surface area contributed by atoms with Gasteiger partial charge in [-0.15, -0.1) is 0 Å². The third kappa shape index (κ3) is 7.11. The van der Waals surface area contributed by atoms with Crippen LogP contribution in [0, 0.1) is 12.8 Å². The zero-order valence-corrected chi connectivity index (χ0v) is 10.4. The molecule has 3 nitrogen and oxygen atoms in total. The summed E-state index contributed by atoms with van der Waals surface area (Å²) in [7, 11) is -4.02. The fraction of sp³-hybridized carbons (Fsp3) is 0.455. The molecule has 0 spiro atoms. The maximum atomic E-state index is 10.5. The van der Waals surface area contributed by atoms with Crippen LogP contribution in [0.25, 0.3) is 0 Å². The lowest BCUT2D eigenvalue weighted by molar-refractivity contribution is 0.483. The smallest absolute Gasteiger partial charge is 0.282 e. The fourth-order valence-electron chi connectivity index (χ4n) is 0.710. The average molecular weight is 230 g/mol. The van der Waals surface area contributed by atoms with Crippen LogP contribution in [0.5, 0.6) is 0 Å². The van der Waals surface area contributed by atoms with Gasteiger partial charge in [0.1, 0.15) is 0 Å². The standard InChI is InChI=1S/C7H8O3S.C4H10/c1-6-2-4-7(5-3-6)11(8,9)10;1-4(2)3/h2-5H,1H3,(H,8,9,10);4H,1-3H3. The van der Waals surface area contributed by atoms with Crippen LogP contribution in [0.15, 0.2) is 29.2 Å². The molecule has 15 heavy (non-hydrogen) atoms. The van der Waals surface area contributed by atoms with E-state index in [-0.39, 0.29) is 4.90 Å². The van der Waals surface area contributed by atoms with Gasteiger partial charge in [0.2, 0.25) is 0 Å². The predicted octanol–water partition coefficient (Wildman–Crippen LogP) is 2.90. The summed E-state index contributed by atoms with van der Waals surface area (Å²) in [5, 5.41) is 0. The average Bonchev–Trinajstić information content (AvgIpc) is 2.01. The lowest BCUT2D eigenvalue weighted by atomic mass is 10.2. The first-order chi connectivity index (χ1) is 6.73. The van der Waals surface area contributed by atoms with Gasteiger partial charge in [0, 0.05) is 0 Å². The predicted molar refractivity (Wildman–Crippen MR) is 61.5 cm³/mol. The fourth-order valence-corrected chi connectivity index (χ4v) is 1.19. The van der Waals surface area contributed by atoms with Gasteiger partial charge in [-0.25, -0.2) is 0 Å². The minimum atomic E-state index is -4.02. The van der Waals surface area contributed by atoms with E-state index >= 15 is 0 Å². The van der Waals surface area contributed by atoms with E-state index in [0.29, 0.717) is 0 Å². The molecule has 0 amide bonds. The van der Waals surface area contributed by atoms with Crippen LogP contribution in [-0.4, -0.2) is 13.0 Å². The summed E-state index contributed by atoms with van der Waals surface area (Å²) < 4.78 is 29.6. The molecule has 1 rings (SSSR count). The quantitative estimate of drug-likeness (QED) is 0.755. The normalized spacial score (nSPS) is 10.8. The first-order valence-corrected chi connectivity index (χ1v) is 6.21. The Morgan fingerprint density at radius 3 is 1.67 bits per heavy atom. The molecule has 0 unspecified atom stereocenters. The highest BCUT2D eigenvalue weighted by Crippen LogP contribution is 2.08. The summed E-state index contributed by atoms with van der Waals surface area (Å²) in [4.78, 5) is -0.0666. The molecule has 0 radical (unpaired) electrons. The minimum absolute atomic E-state index is 0.0666. The van der Waals surface area contributed by atoms with E-state index in [2.05, 4.69) is 20.8 Å². The Kier molecular flexibility index (Phi) is 5.54. The van der Waals surface area contributed by atoms with Crippen molar-refractivity contribution >= 4 is 10.1 Å². The summed E-state index contributed by atoms with van der Waals surface area (Å²) in [5.41, 5.74) is 0.956. The molecule has 0 aliphatic rings. The Balaban J connectivity index is 0.000000423. The zero-order valence-electron chi connectivity index (χ0n) is 9.56. The molecule has 4 heteroatoms. The van der Waals surface area contributed by atoms with E-state index in [4.69, 9.17) is 4.55 Å².